The minimum Gasteiger partial charge on any atom is -0.334 e. The summed E-state index contributed by atoms with van der Waals surface area (Å²) in [4.78, 5) is 4.40. The molecule has 1 heterocycles. The fraction of sp³-hybridized carbons (Fsp3) is 0.727. The summed E-state index contributed by atoms with van der Waals surface area (Å²) >= 11 is 0. The number of benzene rings is 1. The first kappa shape index (κ1) is 29.7. The molecular weight excluding hydrogens is 424 g/mol. The number of unbranched alkanes of at least 4 members (excludes halogenated alkanes) is 15. The Morgan fingerprint density at radius 1 is 0.629 bits per heavy atom. The molecule has 0 spiro atoms. The van der Waals surface area contributed by atoms with E-state index in [1.54, 1.807) is 0 Å². The molecule has 2 unspecified atom stereocenters. The highest BCUT2D eigenvalue weighted by Crippen LogP contribution is 2.32. The van der Waals surface area contributed by atoms with Gasteiger partial charge in [-0.25, -0.2) is 4.98 Å². The Hall–Kier alpha value is -1.57. The lowest BCUT2D eigenvalue weighted by atomic mass is 9.84. The quantitative estimate of drug-likeness (QED) is 0.145. The lowest BCUT2D eigenvalue weighted by molar-refractivity contribution is 0.276. The van der Waals surface area contributed by atoms with Crippen molar-refractivity contribution in [2.75, 3.05) is 0 Å². The van der Waals surface area contributed by atoms with Crippen molar-refractivity contribution in [2.24, 2.45) is 5.92 Å². The number of nitrogens with zero attached hydrogens (tertiary/aromatic N) is 2. The van der Waals surface area contributed by atoms with E-state index in [0.29, 0.717) is 12.0 Å². The molecule has 35 heavy (non-hydrogen) atoms. The van der Waals surface area contributed by atoms with Gasteiger partial charge in [0.15, 0.2) is 0 Å². The van der Waals surface area contributed by atoms with Crippen molar-refractivity contribution < 1.29 is 0 Å². The fourth-order valence-electron chi connectivity index (χ4n) is 5.65. The Balaban J connectivity index is 1.68. The van der Waals surface area contributed by atoms with Crippen molar-refractivity contribution in [2.45, 2.75) is 148 Å². The zero-order valence-electron chi connectivity index (χ0n) is 23.3. The number of aromatic nitrogens is 2. The fourth-order valence-corrected chi connectivity index (χ4v) is 5.65. The van der Waals surface area contributed by atoms with E-state index in [0.717, 1.165) is 0 Å². The van der Waals surface area contributed by atoms with E-state index in [-0.39, 0.29) is 0 Å². The predicted octanol–water partition coefficient (Wildman–Crippen LogP) is 10.7. The predicted molar refractivity (Wildman–Crippen MR) is 154 cm³/mol. The summed E-state index contributed by atoms with van der Waals surface area (Å²) in [5.41, 5.74) is 1.49. The third-order valence-electron chi connectivity index (χ3n) is 7.82. The average molecular weight is 481 g/mol. The first-order chi connectivity index (χ1) is 17.3. The standard InChI is InChI=1S/C33H56N2/c1-3-5-7-8-9-10-11-12-13-14-15-16-17-22-25-32(29-31-23-20-18-21-24-31)33(26-19-6-4-2)35-28-27-34-30-35/h18,20-21,23-24,27-28,30,32-33H,3-17,19,22,25-26,29H2,1-2H3. The maximum absolute atomic E-state index is 4.40. The van der Waals surface area contributed by atoms with Crippen LogP contribution >= 0.6 is 0 Å². The van der Waals surface area contributed by atoms with Gasteiger partial charge in [0.25, 0.3) is 0 Å². The molecule has 0 bridgehead atoms. The summed E-state index contributed by atoms with van der Waals surface area (Å²) in [6.07, 6.45) is 34.0. The van der Waals surface area contributed by atoms with E-state index in [9.17, 15) is 0 Å². The molecule has 0 radical (unpaired) electrons. The highest BCUT2D eigenvalue weighted by atomic mass is 15.1. The number of hydrogen-bond acceptors (Lipinski definition) is 1. The highest BCUT2D eigenvalue weighted by Gasteiger charge is 2.22. The molecule has 0 aliphatic carbocycles. The summed E-state index contributed by atoms with van der Waals surface area (Å²) in [7, 11) is 0. The maximum Gasteiger partial charge on any atom is 0.0948 e. The Morgan fingerprint density at radius 2 is 1.14 bits per heavy atom. The Bertz CT molecular complexity index is 678. The minimum absolute atomic E-state index is 0.575. The van der Waals surface area contributed by atoms with Gasteiger partial charge in [-0.15, -0.1) is 0 Å². The van der Waals surface area contributed by atoms with Crippen LogP contribution in [0.1, 0.15) is 147 Å². The zero-order valence-corrected chi connectivity index (χ0v) is 23.3. The van der Waals surface area contributed by atoms with Crippen molar-refractivity contribution >= 4 is 0 Å². The molecule has 0 N–H and O–H groups in total. The summed E-state index contributed by atoms with van der Waals surface area (Å²) < 4.78 is 2.41. The van der Waals surface area contributed by atoms with Gasteiger partial charge in [-0.2, -0.15) is 0 Å². The molecule has 2 rings (SSSR count). The van der Waals surface area contributed by atoms with Crippen LogP contribution in [0.2, 0.25) is 0 Å². The third-order valence-corrected chi connectivity index (χ3v) is 7.82. The second kappa shape index (κ2) is 20.6. The first-order valence-electron chi connectivity index (χ1n) is 15.4. The molecule has 0 fully saturated rings. The zero-order chi connectivity index (χ0) is 24.8. The van der Waals surface area contributed by atoms with Crippen LogP contribution in [0.4, 0.5) is 0 Å². The van der Waals surface area contributed by atoms with Crippen molar-refractivity contribution in [1.29, 1.82) is 0 Å². The summed E-state index contributed by atoms with van der Waals surface area (Å²) in [6, 6.07) is 11.7. The SMILES string of the molecule is CCCCCCCCCCCCCCCCC(Cc1ccccc1)C(CCCCC)n1ccnc1. The maximum atomic E-state index is 4.40. The van der Waals surface area contributed by atoms with Crippen LogP contribution in [-0.4, -0.2) is 9.55 Å². The van der Waals surface area contributed by atoms with Crippen molar-refractivity contribution in [3.8, 4) is 0 Å². The second-order valence-electron chi connectivity index (χ2n) is 10.9. The van der Waals surface area contributed by atoms with Crippen LogP contribution in [0.3, 0.4) is 0 Å². The highest BCUT2D eigenvalue weighted by molar-refractivity contribution is 5.15. The van der Waals surface area contributed by atoms with Gasteiger partial charge in [-0.3, -0.25) is 0 Å². The van der Waals surface area contributed by atoms with E-state index >= 15 is 0 Å². The molecule has 0 aliphatic heterocycles. The van der Waals surface area contributed by atoms with Crippen molar-refractivity contribution in [3.63, 3.8) is 0 Å². The van der Waals surface area contributed by atoms with E-state index < -0.39 is 0 Å². The van der Waals surface area contributed by atoms with Gasteiger partial charge < -0.3 is 4.57 Å². The largest absolute Gasteiger partial charge is 0.334 e. The molecular formula is C33H56N2. The minimum atomic E-state index is 0.575. The number of rotatable bonds is 23. The first-order valence-corrected chi connectivity index (χ1v) is 15.4. The number of imidazole rings is 1. The van der Waals surface area contributed by atoms with Crippen LogP contribution in [0, 0.1) is 5.92 Å². The third kappa shape index (κ3) is 13.9. The lowest BCUT2D eigenvalue weighted by Gasteiger charge is -2.29. The van der Waals surface area contributed by atoms with E-state index in [4.69, 9.17) is 0 Å². The van der Waals surface area contributed by atoms with Gasteiger partial charge >= 0.3 is 0 Å². The summed E-state index contributed by atoms with van der Waals surface area (Å²) in [5, 5.41) is 0. The molecule has 2 heteroatoms. The number of hydrogen-bond donors (Lipinski definition) is 0. The van der Waals surface area contributed by atoms with E-state index in [1.165, 1.54) is 134 Å². The average Bonchev–Trinajstić information content (AvgIpc) is 3.41. The summed E-state index contributed by atoms with van der Waals surface area (Å²) in [6.45, 7) is 4.61. The van der Waals surface area contributed by atoms with Gasteiger partial charge in [0.05, 0.1) is 6.33 Å². The summed E-state index contributed by atoms with van der Waals surface area (Å²) in [5.74, 6) is 0.695. The molecule has 2 aromatic rings. The molecule has 2 atom stereocenters. The van der Waals surface area contributed by atoms with E-state index in [1.807, 2.05) is 6.20 Å². The normalized spacial score (nSPS) is 13.2. The molecule has 1 aromatic heterocycles. The topological polar surface area (TPSA) is 17.8 Å². The van der Waals surface area contributed by atoms with Crippen LogP contribution in [-0.2, 0) is 6.42 Å². The van der Waals surface area contributed by atoms with Crippen molar-refractivity contribution in [3.05, 3.63) is 54.6 Å². The van der Waals surface area contributed by atoms with Gasteiger partial charge in [0.1, 0.15) is 0 Å². The Labute approximate surface area is 218 Å². The van der Waals surface area contributed by atoms with Crippen LogP contribution in [0.5, 0.6) is 0 Å². The van der Waals surface area contributed by atoms with Crippen molar-refractivity contribution in [1.82, 2.24) is 9.55 Å². The molecule has 0 aliphatic rings. The monoisotopic (exact) mass is 480 g/mol. The molecule has 0 saturated heterocycles. The Kier molecular flexibility index (Phi) is 17.5. The van der Waals surface area contributed by atoms with Gasteiger partial charge in [-0.1, -0.05) is 153 Å². The second-order valence-corrected chi connectivity index (χ2v) is 10.9. The molecule has 1 aromatic carbocycles. The molecule has 0 saturated carbocycles. The van der Waals surface area contributed by atoms with Gasteiger partial charge in [0.2, 0.25) is 0 Å². The molecule has 0 amide bonds. The molecule has 198 valence electrons. The van der Waals surface area contributed by atoms with Gasteiger partial charge in [0, 0.05) is 18.4 Å². The Morgan fingerprint density at radius 3 is 1.69 bits per heavy atom. The van der Waals surface area contributed by atoms with Crippen LogP contribution < -0.4 is 0 Å². The lowest BCUT2D eigenvalue weighted by Crippen LogP contribution is -2.21. The van der Waals surface area contributed by atoms with Gasteiger partial charge in [-0.05, 0) is 30.7 Å². The smallest absolute Gasteiger partial charge is 0.0948 e. The van der Waals surface area contributed by atoms with E-state index in [2.05, 4.69) is 66.3 Å². The van der Waals surface area contributed by atoms with Crippen LogP contribution in [0.15, 0.2) is 49.1 Å². The van der Waals surface area contributed by atoms with Crippen LogP contribution in [0.25, 0.3) is 0 Å². The molecule has 2 nitrogen and oxygen atoms in total.